The topological polar surface area (TPSA) is 99.1 Å². The number of unbranched alkanes of at least 4 members (excludes halogenated alkanes) is 26. The summed E-state index contributed by atoms with van der Waals surface area (Å²) in [7, 11) is 5.54. The Labute approximate surface area is 431 Å². The number of quaternary nitrogens is 1. The van der Waals surface area contributed by atoms with Crippen LogP contribution in [0.3, 0.4) is 0 Å². The van der Waals surface area contributed by atoms with E-state index >= 15 is 0 Å². The van der Waals surface area contributed by atoms with Gasteiger partial charge in [-0.2, -0.15) is 0 Å². The van der Waals surface area contributed by atoms with Crippen LogP contribution in [0.1, 0.15) is 251 Å². The van der Waals surface area contributed by atoms with Crippen molar-refractivity contribution in [2.45, 2.75) is 264 Å². The number of hydrogen-bond acceptors (Lipinski definition) is 6. The van der Waals surface area contributed by atoms with Crippen LogP contribution in [0.4, 0.5) is 0 Å². The number of ether oxygens (including phenoxy) is 3. The molecule has 0 saturated carbocycles. The average molecular weight is 982 g/mol. The van der Waals surface area contributed by atoms with E-state index in [9.17, 15) is 19.5 Å². The lowest BCUT2D eigenvalue weighted by Crippen LogP contribution is -2.50. The van der Waals surface area contributed by atoms with Crippen molar-refractivity contribution in [2.75, 3.05) is 41.0 Å². The number of esters is 2. The van der Waals surface area contributed by atoms with E-state index in [1.807, 2.05) is 21.1 Å². The molecule has 8 nitrogen and oxygen atoms in total. The molecule has 8 heteroatoms. The Morgan fingerprint density at radius 2 is 0.800 bits per heavy atom. The first-order valence-corrected chi connectivity index (χ1v) is 29.0. The van der Waals surface area contributed by atoms with Gasteiger partial charge in [-0.1, -0.05) is 241 Å². The molecule has 0 saturated heterocycles. The van der Waals surface area contributed by atoms with Gasteiger partial charge in [0.2, 0.25) is 0 Å². The molecule has 0 heterocycles. The van der Waals surface area contributed by atoms with Gasteiger partial charge in [0, 0.05) is 19.3 Å². The maximum absolute atomic E-state index is 12.8. The Morgan fingerprint density at radius 1 is 0.443 bits per heavy atom. The monoisotopic (exact) mass is 981 g/mol. The molecule has 0 bridgehead atoms. The molecule has 2 atom stereocenters. The van der Waals surface area contributed by atoms with Gasteiger partial charge in [-0.3, -0.25) is 9.59 Å². The molecule has 0 amide bonds. The minimum absolute atomic E-state index is 0.0521. The van der Waals surface area contributed by atoms with Crippen LogP contribution in [0.25, 0.3) is 0 Å². The summed E-state index contributed by atoms with van der Waals surface area (Å²) < 4.78 is 17.4. The number of nitrogens with zero attached hydrogens (tertiary/aromatic N) is 1. The zero-order valence-corrected chi connectivity index (χ0v) is 46.2. The predicted molar refractivity (Wildman–Crippen MR) is 298 cm³/mol. The summed E-state index contributed by atoms with van der Waals surface area (Å²) in [5, 5.41) is 9.68. The summed E-state index contributed by atoms with van der Waals surface area (Å²) in [5.41, 5.74) is 0. The molecule has 0 spiro atoms. The molecular weight excluding hydrogens is 871 g/mol. The number of rotatable bonds is 52. The Hall–Kier alpha value is -3.23. The van der Waals surface area contributed by atoms with Crippen LogP contribution in [-0.2, 0) is 28.6 Å². The van der Waals surface area contributed by atoms with Crippen molar-refractivity contribution in [1.29, 1.82) is 0 Å². The Bertz CT molecular complexity index is 1370. The van der Waals surface area contributed by atoms with E-state index in [1.165, 1.54) is 128 Å². The molecule has 404 valence electrons. The third-order valence-electron chi connectivity index (χ3n) is 12.9. The van der Waals surface area contributed by atoms with Crippen molar-refractivity contribution in [1.82, 2.24) is 0 Å². The second-order valence-corrected chi connectivity index (χ2v) is 20.5. The van der Waals surface area contributed by atoms with Crippen LogP contribution in [0.2, 0.25) is 0 Å². The molecule has 70 heavy (non-hydrogen) atoms. The molecule has 0 aliphatic rings. The lowest BCUT2D eigenvalue weighted by Gasteiger charge is -2.31. The SMILES string of the molecule is CC/C=C/C/C=C/C/C=C/C/C=C/C/C=C/C/C=C/CCCCCCC(=O)OCC(COCCC(C(=O)O)[N+](C)(C)C)OC(=O)CCCCCCCCCCCCCCCCCCCCCCCCC. The number of allylic oxidation sites excluding steroid dienone is 12. The van der Waals surface area contributed by atoms with E-state index in [4.69, 9.17) is 14.2 Å². The van der Waals surface area contributed by atoms with Gasteiger partial charge in [-0.25, -0.2) is 4.79 Å². The highest BCUT2D eigenvalue weighted by molar-refractivity contribution is 5.72. The van der Waals surface area contributed by atoms with Crippen molar-refractivity contribution in [3.05, 3.63) is 72.9 Å². The number of aliphatic carboxylic acids is 1. The van der Waals surface area contributed by atoms with Gasteiger partial charge in [0.25, 0.3) is 0 Å². The first-order chi connectivity index (χ1) is 34.1. The molecule has 0 aromatic carbocycles. The average Bonchev–Trinajstić information content (AvgIpc) is 3.33. The van der Waals surface area contributed by atoms with E-state index in [2.05, 4.69) is 86.8 Å². The molecule has 0 rings (SSSR count). The third-order valence-corrected chi connectivity index (χ3v) is 12.9. The predicted octanol–water partition coefficient (Wildman–Crippen LogP) is 17.4. The van der Waals surface area contributed by atoms with E-state index < -0.39 is 18.1 Å². The normalized spacial score (nSPS) is 13.3. The van der Waals surface area contributed by atoms with Gasteiger partial charge in [0.15, 0.2) is 12.1 Å². The summed E-state index contributed by atoms with van der Waals surface area (Å²) >= 11 is 0. The lowest BCUT2D eigenvalue weighted by molar-refractivity contribution is -0.887. The second-order valence-electron chi connectivity index (χ2n) is 20.5. The van der Waals surface area contributed by atoms with E-state index in [0.29, 0.717) is 19.3 Å². The van der Waals surface area contributed by atoms with Crippen molar-refractivity contribution in [2.24, 2.45) is 0 Å². The van der Waals surface area contributed by atoms with Gasteiger partial charge in [0.1, 0.15) is 6.61 Å². The molecular formula is C62H110NO7+. The van der Waals surface area contributed by atoms with Gasteiger partial charge in [-0.05, 0) is 64.2 Å². The highest BCUT2D eigenvalue weighted by Gasteiger charge is 2.31. The number of carboxylic acids is 1. The number of carbonyl (C=O) groups excluding carboxylic acids is 2. The second kappa shape index (κ2) is 52.1. The summed E-state index contributed by atoms with van der Waals surface area (Å²) in [6, 6.07) is -0.622. The molecule has 1 N–H and O–H groups in total. The third kappa shape index (κ3) is 49.7. The van der Waals surface area contributed by atoms with Gasteiger partial charge < -0.3 is 23.8 Å². The van der Waals surface area contributed by atoms with E-state index in [-0.39, 0.29) is 36.2 Å². The Kier molecular flexibility index (Phi) is 49.7. The lowest BCUT2D eigenvalue weighted by atomic mass is 10.0. The Morgan fingerprint density at radius 3 is 1.19 bits per heavy atom. The molecule has 2 unspecified atom stereocenters. The molecule has 0 fully saturated rings. The van der Waals surface area contributed by atoms with Crippen LogP contribution in [0.15, 0.2) is 72.9 Å². The highest BCUT2D eigenvalue weighted by Crippen LogP contribution is 2.17. The number of likely N-dealkylation sites (N-methyl/N-ethyl adjacent to an activating group) is 1. The van der Waals surface area contributed by atoms with Gasteiger partial charge in [0.05, 0.1) is 34.4 Å². The first-order valence-electron chi connectivity index (χ1n) is 29.0. The fourth-order valence-corrected chi connectivity index (χ4v) is 8.45. The molecule has 0 aromatic heterocycles. The van der Waals surface area contributed by atoms with Crippen molar-refractivity contribution < 1.29 is 38.2 Å². The van der Waals surface area contributed by atoms with Crippen LogP contribution < -0.4 is 0 Å². The van der Waals surface area contributed by atoms with E-state index in [0.717, 1.165) is 89.9 Å². The summed E-state index contributed by atoms with van der Waals surface area (Å²) in [6.45, 7) is 4.63. The minimum Gasteiger partial charge on any atom is -0.477 e. The fourth-order valence-electron chi connectivity index (χ4n) is 8.45. The van der Waals surface area contributed by atoms with Crippen LogP contribution in [-0.4, -0.2) is 80.6 Å². The van der Waals surface area contributed by atoms with Crippen molar-refractivity contribution >= 4 is 17.9 Å². The van der Waals surface area contributed by atoms with Crippen LogP contribution in [0.5, 0.6) is 0 Å². The standard InChI is InChI=1S/C62H109NO7/c1-6-8-10-12-14-16-18-20-22-24-26-28-30-32-34-36-38-40-42-44-46-48-50-52-60(64)69-57-58(56-68-55-54-59(62(66)67)63(3,4)5)70-61(65)53-51-49-47-45-43-41-39-37-35-33-31-29-27-25-23-21-19-17-15-13-11-9-7-2/h8,10,14,16,20,22,26,28,32,34,38,40,58-59H,6-7,9,11-13,15,17-19,21,23-25,27,29-31,33,35-37,39,41-57H2,1-5H3/p+1/b10-8+,16-14+,22-20+,28-26+,34-32+,40-38+. The van der Waals surface area contributed by atoms with Gasteiger partial charge in [-0.15, -0.1) is 0 Å². The fraction of sp³-hybridized carbons (Fsp3) is 0.758. The van der Waals surface area contributed by atoms with Crippen LogP contribution >= 0.6 is 0 Å². The summed E-state index contributed by atoms with van der Waals surface area (Å²) in [4.78, 5) is 37.3. The molecule has 0 aromatic rings. The zero-order chi connectivity index (χ0) is 51.3. The number of hydrogen-bond donors (Lipinski definition) is 1. The smallest absolute Gasteiger partial charge is 0.362 e. The van der Waals surface area contributed by atoms with Crippen LogP contribution in [0, 0.1) is 0 Å². The largest absolute Gasteiger partial charge is 0.477 e. The molecule has 0 radical (unpaired) electrons. The maximum atomic E-state index is 12.8. The van der Waals surface area contributed by atoms with Gasteiger partial charge >= 0.3 is 17.9 Å². The summed E-state index contributed by atoms with van der Waals surface area (Å²) in [5.74, 6) is -1.49. The Balaban J connectivity index is 4.21. The van der Waals surface area contributed by atoms with Crippen molar-refractivity contribution in [3.63, 3.8) is 0 Å². The minimum atomic E-state index is -0.878. The molecule has 0 aliphatic carbocycles. The zero-order valence-electron chi connectivity index (χ0n) is 46.2. The highest BCUT2D eigenvalue weighted by atomic mass is 16.6. The summed E-state index contributed by atoms with van der Waals surface area (Å²) in [6.07, 6.45) is 68.2. The number of carbonyl (C=O) groups is 3. The van der Waals surface area contributed by atoms with Crippen molar-refractivity contribution in [3.8, 4) is 0 Å². The van der Waals surface area contributed by atoms with E-state index in [1.54, 1.807) is 0 Å². The maximum Gasteiger partial charge on any atom is 0.362 e. The molecule has 0 aliphatic heterocycles. The first kappa shape index (κ1) is 66.8. The number of carboxylic acid groups (broad SMARTS) is 1. The quantitative estimate of drug-likeness (QED) is 0.0280.